The zero-order chi connectivity index (χ0) is 27.0. The quantitative estimate of drug-likeness (QED) is 0.178. The average Bonchev–Trinajstić information content (AvgIpc) is 2.95. The molecular formula is C34H39N3O2. The third kappa shape index (κ3) is 7.33. The van der Waals surface area contributed by atoms with Gasteiger partial charge in [-0.3, -0.25) is 9.69 Å². The second-order valence-corrected chi connectivity index (χ2v) is 10.7. The van der Waals surface area contributed by atoms with E-state index in [0.717, 1.165) is 63.4 Å². The number of nitrogens with two attached hydrogens (primary N) is 1. The van der Waals surface area contributed by atoms with E-state index in [1.54, 1.807) is 19.1 Å². The summed E-state index contributed by atoms with van der Waals surface area (Å²) in [5, 5.41) is 6.44. The van der Waals surface area contributed by atoms with Crippen LogP contribution in [0.2, 0.25) is 0 Å². The molecule has 0 spiro atoms. The molecule has 1 aliphatic rings. The largest absolute Gasteiger partial charge is 0.457 e. The first-order valence-corrected chi connectivity index (χ1v) is 14.1. The van der Waals surface area contributed by atoms with Gasteiger partial charge >= 0.3 is 0 Å². The van der Waals surface area contributed by atoms with E-state index in [0.29, 0.717) is 17.6 Å². The van der Waals surface area contributed by atoms with Crippen LogP contribution in [0.1, 0.15) is 47.7 Å². The highest BCUT2D eigenvalue weighted by Crippen LogP contribution is 2.25. The Bertz CT molecular complexity index is 1370. The molecule has 4 aromatic carbocycles. The minimum absolute atomic E-state index is 0.0552. The van der Waals surface area contributed by atoms with Gasteiger partial charge in [-0.2, -0.15) is 0 Å². The predicted octanol–water partition coefficient (Wildman–Crippen LogP) is 6.35. The Balaban J connectivity index is 1.23. The van der Waals surface area contributed by atoms with Crippen molar-refractivity contribution in [2.45, 2.75) is 51.2 Å². The van der Waals surface area contributed by atoms with Gasteiger partial charge in [0.15, 0.2) is 5.78 Å². The number of carbonyl (C=O) groups excluding carboxylic acids is 1. The first-order chi connectivity index (χ1) is 19.1. The molecule has 0 radical (unpaired) electrons. The predicted molar refractivity (Wildman–Crippen MR) is 160 cm³/mol. The van der Waals surface area contributed by atoms with E-state index in [-0.39, 0.29) is 5.78 Å². The number of ketones is 1. The lowest BCUT2D eigenvalue weighted by Crippen LogP contribution is -2.56. The van der Waals surface area contributed by atoms with E-state index >= 15 is 0 Å². The van der Waals surface area contributed by atoms with E-state index in [1.165, 1.54) is 21.9 Å². The van der Waals surface area contributed by atoms with Crippen LogP contribution in [0.4, 0.5) is 0 Å². The number of nitrogens with zero attached hydrogens (tertiary/aromatic N) is 1. The molecule has 4 aromatic rings. The van der Waals surface area contributed by atoms with Gasteiger partial charge in [-0.05, 0) is 91.0 Å². The summed E-state index contributed by atoms with van der Waals surface area (Å²) in [4.78, 5) is 14.2. The van der Waals surface area contributed by atoms with Crippen molar-refractivity contribution in [3.8, 4) is 11.5 Å². The number of Topliss-reactive ketones (excluding diaryl/α,β-unsaturated/α-hetero) is 1. The van der Waals surface area contributed by atoms with Gasteiger partial charge in [-0.25, -0.2) is 0 Å². The van der Waals surface area contributed by atoms with Gasteiger partial charge in [0.25, 0.3) is 0 Å². The molecule has 1 aliphatic heterocycles. The maximum atomic E-state index is 11.5. The van der Waals surface area contributed by atoms with Gasteiger partial charge in [-0.15, -0.1) is 0 Å². The third-order valence-corrected chi connectivity index (χ3v) is 7.71. The number of ether oxygens (including phenoxy) is 1. The standard InChI is InChI=1S/C34H39N3O2/c1-25(38)28-13-17-34(18-14-28)39-33-15-10-26(11-16-33)23-37-24-31(36-22-32(37)8-4-5-19-35)21-27-9-12-29-6-2-3-7-30(29)20-27/h2-3,6-7,9-18,20,31-32,36H,4-5,8,19,21-24,35H2,1H3. The molecule has 5 nitrogen and oxygen atoms in total. The summed E-state index contributed by atoms with van der Waals surface area (Å²) < 4.78 is 6.01. The zero-order valence-corrected chi connectivity index (χ0v) is 22.8. The topological polar surface area (TPSA) is 67.6 Å². The van der Waals surface area contributed by atoms with Crippen LogP contribution in [0.25, 0.3) is 10.8 Å². The monoisotopic (exact) mass is 521 g/mol. The van der Waals surface area contributed by atoms with Crippen molar-refractivity contribution in [1.82, 2.24) is 10.2 Å². The highest BCUT2D eigenvalue weighted by Gasteiger charge is 2.27. The first kappa shape index (κ1) is 27.1. The molecule has 1 fully saturated rings. The van der Waals surface area contributed by atoms with Crippen molar-refractivity contribution in [2.24, 2.45) is 5.73 Å². The molecule has 1 heterocycles. The number of carbonyl (C=O) groups is 1. The van der Waals surface area contributed by atoms with Gasteiger partial charge in [0.1, 0.15) is 11.5 Å². The molecule has 39 heavy (non-hydrogen) atoms. The average molecular weight is 522 g/mol. The number of hydrogen-bond donors (Lipinski definition) is 2. The van der Waals surface area contributed by atoms with Gasteiger partial charge in [0.05, 0.1) is 0 Å². The molecular weight excluding hydrogens is 482 g/mol. The van der Waals surface area contributed by atoms with E-state index in [4.69, 9.17) is 10.5 Å². The van der Waals surface area contributed by atoms with Crippen molar-refractivity contribution in [1.29, 1.82) is 0 Å². The van der Waals surface area contributed by atoms with Crippen molar-refractivity contribution >= 4 is 16.6 Å². The van der Waals surface area contributed by atoms with Crippen LogP contribution in [0.3, 0.4) is 0 Å². The minimum Gasteiger partial charge on any atom is -0.457 e. The summed E-state index contributed by atoms with van der Waals surface area (Å²) in [6.45, 7) is 5.25. The fraction of sp³-hybridized carbons (Fsp3) is 0.324. The van der Waals surface area contributed by atoms with E-state index < -0.39 is 0 Å². The molecule has 2 atom stereocenters. The fourth-order valence-electron chi connectivity index (χ4n) is 5.51. The lowest BCUT2D eigenvalue weighted by atomic mass is 9.97. The van der Waals surface area contributed by atoms with Crippen LogP contribution in [-0.4, -0.2) is 42.4 Å². The fourth-order valence-corrected chi connectivity index (χ4v) is 5.51. The summed E-state index contributed by atoms with van der Waals surface area (Å²) in [6.07, 6.45) is 4.41. The summed E-state index contributed by atoms with van der Waals surface area (Å²) in [5.41, 5.74) is 9.13. The second kappa shape index (κ2) is 13.0. The van der Waals surface area contributed by atoms with Crippen LogP contribution >= 0.6 is 0 Å². The van der Waals surface area contributed by atoms with Crippen LogP contribution in [-0.2, 0) is 13.0 Å². The SMILES string of the molecule is CC(=O)c1ccc(Oc2ccc(CN3CC(Cc4ccc5ccccc5c4)NCC3CCCCN)cc2)cc1. The maximum absolute atomic E-state index is 11.5. The van der Waals surface area contributed by atoms with Crippen LogP contribution < -0.4 is 15.8 Å². The van der Waals surface area contributed by atoms with Gasteiger partial charge in [0.2, 0.25) is 0 Å². The van der Waals surface area contributed by atoms with E-state index in [1.807, 2.05) is 24.3 Å². The van der Waals surface area contributed by atoms with E-state index in [9.17, 15) is 4.79 Å². The Morgan fingerprint density at radius 1 is 0.897 bits per heavy atom. The summed E-state index contributed by atoms with van der Waals surface area (Å²) >= 11 is 0. The lowest BCUT2D eigenvalue weighted by Gasteiger charge is -2.41. The number of rotatable bonds is 11. The number of benzene rings is 4. The van der Waals surface area contributed by atoms with Gasteiger partial charge in [0, 0.05) is 37.3 Å². The molecule has 3 N–H and O–H groups in total. The Morgan fingerprint density at radius 3 is 2.31 bits per heavy atom. The maximum Gasteiger partial charge on any atom is 0.159 e. The summed E-state index contributed by atoms with van der Waals surface area (Å²) in [6, 6.07) is 32.0. The highest BCUT2D eigenvalue weighted by molar-refractivity contribution is 5.94. The molecule has 0 aliphatic carbocycles. The van der Waals surface area contributed by atoms with Crippen LogP contribution in [0.5, 0.6) is 11.5 Å². The van der Waals surface area contributed by atoms with E-state index in [2.05, 4.69) is 64.8 Å². The zero-order valence-electron chi connectivity index (χ0n) is 22.8. The minimum atomic E-state index is 0.0552. The Hall–Kier alpha value is -3.51. The number of unbranched alkanes of at least 4 members (excludes halogenated alkanes) is 1. The smallest absolute Gasteiger partial charge is 0.159 e. The first-order valence-electron chi connectivity index (χ1n) is 14.1. The Labute approximate surface area is 232 Å². The summed E-state index contributed by atoms with van der Waals surface area (Å²) in [5.74, 6) is 1.58. The third-order valence-electron chi connectivity index (χ3n) is 7.71. The number of hydrogen-bond acceptors (Lipinski definition) is 5. The molecule has 0 bridgehead atoms. The molecule has 5 heteroatoms. The molecule has 5 rings (SSSR count). The molecule has 0 aromatic heterocycles. The summed E-state index contributed by atoms with van der Waals surface area (Å²) in [7, 11) is 0. The lowest BCUT2D eigenvalue weighted by molar-refractivity contribution is 0.101. The molecule has 202 valence electrons. The number of fused-ring (bicyclic) bond motifs is 1. The highest BCUT2D eigenvalue weighted by atomic mass is 16.5. The van der Waals surface area contributed by atoms with Gasteiger partial charge in [-0.1, -0.05) is 61.0 Å². The van der Waals surface area contributed by atoms with Crippen molar-refractivity contribution in [3.63, 3.8) is 0 Å². The Morgan fingerprint density at radius 2 is 1.59 bits per heavy atom. The molecule has 2 unspecified atom stereocenters. The number of piperazine rings is 1. The second-order valence-electron chi connectivity index (χ2n) is 10.7. The molecule has 0 saturated carbocycles. The van der Waals surface area contributed by atoms with Crippen LogP contribution in [0, 0.1) is 0 Å². The van der Waals surface area contributed by atoms with Crippen molar-refractivity contribution < 1.29 is 9.53 Å². The van der Waals surface area contributed by atoms with Crippen LogP contribution in [0.15, 0.2) is 91.0 Å². The molecule has 0 amide bonds. The molecule has 1 saturated heterocycles. The van der Waals surface area contributed by atoms with Crippen molar-refractivity contribution in [2.75, 3.05) is 19.6 Å². The Kier molecular flexibility index (Phi) is 9.04. The van der Waals surface area contributed by atoms with Gasteiger partial charge < -0.3 is 15.8 Å². The van der Waals surface area contributed by atoms with Crippen molar-refractivity contribution in [3.05, 3.63) is 108 Å². The number of nitrogens with one attached hydrogen (secondary N) is 1. The normalized spacial score (nSPS) is 17.8.